The molecule has 0 radical (unpaired) electrons. The number of aromatic nitrogens is 7. The van der Waals surface area contributed by atoms with Gasteiger partial charge in [-0.2, -0.15) is 9.41 Å². The Balaban J connectivity index is 0.000000345. The van der Waals surface area contributed by atoms with E-state index in [2.05, 4.69) is 24.4 Å². The van der Waals surface area contributed by atoms with Crippen LogP contribution in [0.2, 0.25) is 0 Å². The molecular weight excluding hydrogens is 524 g/mol. The van der Waals surface area contributed by atoms with Gasteiger partial charge in [0.05, 0.1) is 25.3 Å². The van der Waals surface area contributed by atoms with Crippen LogP contribution < -0.4 is 5.49 Å². The van der Waals surface area contributed by atoms with Crippen LogP contribution in [0.1, 0.15) is 5.56 Å². The molecule has 0 aromatic carbocycles. The van der Waals surface area contributed by atoms with Gasteiger partial charge >= 0.3 is 21.5 Å². The molecule has 0 amide bonds. The van der Waals surface area contributed by atoms with Crippen molar-refractivity contribution >= 4 is 32.5 Å². The van der Waals surface area contributed by atoms with Crippen LogP contribution in [0, 0.1) is 15.5 Å². The van der Waals surface area contributed by atoms with E-state index in [1.807, 2.05) is 12.1 Å². The fourth-order valence-corrected chi connectivity index (χ4v) is 4.21. The number of nitrogens with one attached hydrogen (secondary N) is 1. The first kappa shape index (κ1) is 27.0. The highest BCUT2D eigenvalue weighted by atomic mass is 31.3. The van der Waals surface area contributed by atoms with E-state index in [1.165, 1.54) is 10.8 Å². The Morgan fingerprint density at radius 2 is 1.72 bits per heavy atom. The van der Waals surface area contributed by atoms with Gasteiger partial charge in [0.25, 0.3) is 0 Å². The standard InChI is InChI=1S/C16H15N9O2.H4O7P2/c1-22-11(25(26)27)7-19-16(22)13-12-14(17)24(8-10-3-5-18-6-4-10)9-20-15(12)23(2)21-13;1-8(2,3)7-9(4,5)6/h3-7,9,17H,8H2,1-2H3;(H2,1,2,3)(H2,4,5,6). The van der Waals surface area contributed by atoms with E-state index in [-0.39, 0.29) is 11.3 Å². The lowest BCUT2D eigenvalue weighted by atomic mass is 10.2. The molecule has 0 bridgehead atoms. The van der Waals surface area contributed by atoms with Crippen molar-refractivity contribution in [1.29, 1.82) is 5.41 Å². The van der Waals surface area contributed by atoms with E-state index in [1.54, 1.807) is 42.1 Å². The molecule has 18 nitrogen and oxygen atoms in total. The van der Waals surface area contributed by atoms with Crippen molar-refractivity contribution < 1.29 is 37.9 Å². The van der Waals surface area contributed by atoms with Crippen molar-refractivity contribution in [1.82, 2.24) is 33.9 Å². The van der Waals surface area contributed by atoms with Gasteiger partial charge in [-0.05, 0) is 22.6 Å². The molecule has 4 aromatic heterocycles. The number of nitro groups is 1. The predicted molar refractivity (Wildman–Crippen MR) is 120 cm³/mol. The maximum Gasteiger partial charge on any atom is 0.478 e. The van der Waals surface area contributed by atoms with Crippen molar-refractivity contribution in [3.63, 3.8) is 0 Å². The van der Waals surface area contributed by atoms with E-state index < -0.39 is 20.6 Å². The van der Waals surface area contributed by atoms with E-state index >= 15 is 0 Å². The molecule has 0 aliphatic carbocycles. The Bertz CT molecular complexity index is 1550. The SMILES string of the molecule is Cn1c([N+](=O)[O-])cnc1-c1nn(C)c2ncn(Cc3ccncc3)c(=N)c12.O=P(O)(O)OP(=O)(O)O. The predicted octanol–water partition coefficient (Wildman–Crippen LogP) is 0.190. The van der Waals surface area contributed by atoms with Crippen molar-refractivity contribution in [3.8, 4) is 11.5 Å². The topological polar surface area (TPSA) is 258 Å². The zero-order valence-corrected chi connectivity index (χ0v) is 20.3. The van der Waals surface area contributed by atoms with Gasteiger partial charge in [-0.15, -0.1) is 0 Å². The van der Waals surface area contributed by atoms with Crippen LogP contribution in [0.5, 0.6) is 0 Å². The van der Waals surface area contributed by atoms with Crippen LogP contribution in [-0.4, -0.2) is 58.4 Å². The Kier molecular flexibility index (Phi) is 7.61. The van der Waals surface area contributed by atoms with Gasteiger partial charge in [-0.25, -0.2) is 28.3 Å². The van der Waals surface area contributed by atoms with Gasteiger partial charge in [-0.3, -0.25) is 10.4 Å². The van der Waals surface area contributed by atoms with Gasteiger partial charge < -0.3 is 34.3 Å². The molecule has 0 aliphatic rings. The molecule has 0 aliphatic heterocycles. The molecule has 0 atom stereocenters. The molecule has 4 aromatic rings. The summed E-state index contributed by atoms with van der Waals surface area (Å²) in [4.78, 5) is 54.2. The second kappa shape index (κ2) is 10.2. The van der Waals surface area contributed by atoms with Gasteiger partial charge in [0.1, 0.15) is 11.7 Å². The number of phosphoric acid groups is 2. The highest BCUT2D eigenvalue weighted by Crippen LogP contribution is 2.53. The van der Waals surface area contributed by atoms with Crippen molar-refractivity contribution in [2.24, 2.45) is 14.1 Å². The molecule has 5 N–H and O–H groups in total. The van der Waals surface area contributed by atoms with Gasteiger partial charge in [0, 0.05) is 19.4 Å². The normalized spacial score (nSPS) is 11.8. The van der Waals surface area contributed by atoms with Gasteiger partial charge in [0.2, 0.25) is 5.82 Å². The highest BCUT2D eigenvalue weighted by Gasteiger charge is 2.28. The average Bonchev–Trinajstić information content (AvgIpc) is 3.29. The van der Waals surface area contributed by atoms with Gasteiger partial charge in [0.15, 0.2) is 11.3 Å². The van der Waals surface area contributed by atoms with E-state index in [0.29, 0.717) is 29.1 Å². The second-order valence-corrected chi connectivity index (χ2v) is 9.68. The lowest BCUT2D eigenvalue weighted by Crippen LogP contribution is -2.21. The van der Waals surface area contributed by atoms with Crippen LogP contribution in [0.15, 0.2) is 37.1 Å². The van der Waals surface area contributed by atoms with Crippen LogP contribution in [0.25, 0.3) is 22.6 Å². The van der Waals surface area contributed by atoms with E-state index in [9.17, 15) is 19.2 Å². The van der Waals surface area contributed by atoms with Gasteiger partial charge in [-0.1, -0.05) is 0 Å². The molecule has 0 fully saturated rings. The summed E-state index contributed by atoms with van der Waals surface area (Å²) >= 11 is 0. The first-order chi connectivity index (χ1) is 16.7. The molecule has 20 heteroatoms. The maximum absolute atomic E-state index is 11.1. The number of imidazole rings is 1. The average molecular weight is 543 g/mol. The van der Waals surface area contributed by atoms with Crippen molar-refractivity contribution in [2.45, 2.75) is 6.54 Å². The number of hydrogen-bond donors (Lipinski definition) is 5. The minimum absolute atomic E-state index is 0.149. The quantitative estimate of drug-likeness (QED) is 0.124. The molecule has 36 heavy (non-hydrogen) atoms. The number of fused-ring (bicyclic) bond motifs is 1. The third kappa shape index (κ3) is 6.32. The minimum atomic E-state index is -5.05. The number of pyridine rings is 1. The fourth-order valence-electron chi connectivity index (χ4n) is 3.10. The summed E-state index contributed by atoms with van der Waals surface area (Å²) < 4.78 is 26.8. The zero-order valence-electron chi connectivity index (χ0n) is 18.5. The van der Waals surface area contributed by atoms with Crippen molar-refractivity contribution in [2.75, 3.05) is 0 Å². The highest BCUT2D eigenvalue weighted by molar-refractivity contribution is 7.60. The molecule has 0 unspecified atom stereocenters. The second-order valence-electron chi connectivity index (χ2n) is 7.07. The Hall–Kier alpha value is -3.63. The lowest BCUT2D eigenvalue weighted by Gasteiger charge is -2.07. The largest absolute Gasteiger partial charge is 0.478 e. The first-order valence-corrected chi connectivity index (χ1v) is 12.6. The summed E-state index contributed by atoms with van der Waals surface area (Å²) in [5, 5.41) is 24.6. The number of hydrogen-bond acceptors (Lipinski definition) is 10. The zero-order chi connectivity index (χ0) is 26.8. The number of rotatable bonds is 6. The molecule has 4 heterocycles. The summed E-state index contributed by atoms with van der Waals surface area (Å²) in [6.07, 6.45) is 6.14. The number of nitrogens with zero attached hydrogens (tertiary/aromatic N) is 8. The van der Waals surface area contributed by atoms with E-state index in [4.69, 9.17) is 25.0 Å². The lowest BCUT2D eigenvalue weighted by molar-refractivity contribution is -0.391. The Morgan fingerprint density at radius 3 is 2.22 bits per heavy atom. The molecule has 0 saturated heterocycles. The van der Waals surface area contributed by atoms with Crippen molar-refractivity contribution in [3.05, 3.63) is 58.2 Å². The fraction of sp³-hybridized carbons (Fsp3) is 0.188. The van der Waals surface area contributed by atoms with Crippen LogP contribution in [-0.2, 0) is 34.1 Å². The monoisotopic (exact) mass is 543 g/mol. The summed E-state index contributed by atoms with van der Waals surface area (Å²) in [5.74, 6) is 0.160. The summed E-state index contributed by atoms with van der Waals surface area (Å²) in [7, 11) is -6.84. The minimum Gasteiger partial charge on any atom is -0.358 e. The van der Waals surface area contributed by atoms with Crippen LogP contribution >= 0.6 is 15.6 Å². The molecule has 0 spiro atoms. The maximum atomic E-state index is 11.1. The summed E-state index contributed by atoms with van der Waals surface area (Å²) in [6.45, 7) is 0.444. The summed E-state index contributed by atoms with van der Waals surface area (Å²) in [5.41, 5.74) is 2.06. The van der Waals surface area contributed by atoms with Crippen LogP contribution in [0.4, 0.5) is 5.82 Å². The molecular formula is C16H19N9O9P2. The Morgan fingerprint density at radius 1 is 1.11 bits per heavy atom. The third-order valence-electron chi connectivity index (χ3n) is 4.54. The van der Waals surface area contributed by atoms with E-state index in [0.717, 1.165) is 5.56 Å². The van der Waals surface area contributed by atoms with Crippen LogP contribution in [0.3, 0.4) is 0 Å². The molecule has 192 valence electrons. The summed E-state index contributed by atoms with van der Waals surface area (Å²) in [6, 6.07) is 3.73. The Labute approximate surface area is 200 Å². The molecule has 4 rings (SSSR count). The third-order valence-corrected chi connectivity index (χ3v) is 6.24. The number of aryl methyl sites for hydroxylation is 1. The first-order valence-electron chi connectivity index (χ1n) is 9.52. The molecule has 0 saturated carbocycles. The smallest absolute Gasteiger partial charge is 0.358 e.